The van der Waals surface area contributed by atoms with Gasteiger partial charge in [-0.05, 0) is 6.92 Å². The van der Waals surface area contributed by atoms with Crippen LogP contribution in [0, 0.1) is 6.92 Å². The van der Waals surface area contributed by atoms with Crippen LogP contribution in [0.2, 0.25) is 0 Å². The van der Waals surface area contributed by atoms with Crippen molar-refractivity contribution in [2.45, 2.75) is 20.0 Å². The van der Waals surface area contributed by atoms with Crippen molar-refractivity contribution < 1.29 is 14.7 Å². The number of nitrogens with zero attached hydrogens (tertiary/aromatic N) is 1. The van der Waals surface area contributed by atoms with Gasteiger partial charge in [0.15, 0.2) is 0 Å². The van der Waals surface area contributed by atoms with E-state index >= 15 is 0 Å². The van der Waals surface area contributed by atoms with E-state index < -0.39 is 12.0 Å². The molecule has 8 nitrogen and oxygen atoms in total. The molecule has 0 saturated heterocycles. The second kappa shape index (κ2) is 6.50. The molecule has 0 unspecified atom stereocenters. The molecule has 2 heterocycles. The summed E-state index contributed by atoms with van der Waals surface area (Å²) < 4.78 is 0. The third kappa shape index (κ3) is 4.13. The molecule has 0 aliphatic heterocycles. The number of nitrogens with one attached hydrogen (secondary N) is 3. The Hall–Kier alpha value is -2.20. The number of aromatic carboxylic acids is 1. The maximum Gasteiger partial charge on any atom is 0.347 e. The number of thiazole rings is 2. The largest absolute Gasteiger partial charge is 0.477 e. The Morgan fingerprint density at radius 3 is 2.67 bits per heavy atom. The highest BCUT2D eigenvalue weighted by Crippen LogP contribution is 2.17. The van der Waals surface area contributed by atoms with Crippen LogP contribution in [-0.2, 0) is 13.1 Å². The Bertz CT molecular complexity index is 718. The van der Waals surface area contributed by atoms with Gasteiger partial charge in [-0.2, -0.15) is 0 Å². The van der Waals surface area contributed by atoms with Crippen LogP contribution < -0.4 is 15.5 Å². The van der Waals surface area contributed by atoms with Gasteiger partial charge in [-0.3, -0.25) is 4.79 Å². The van der Waals surface area contributed by atoms with Crippen LogP contribution in [0.5, 0.6) is 0 Å². The van der Waals surface area contributed by atoms with Crippen LogP contribution in [0.4, 0.5) is 4.79 Å². The summed E-state index contributed by atoms with van der Waals surface area (Å²) in [5.41, 5.74) is 1.05. The zero-order chi connectivity index (χ0) is 15.4. The fourth-order valence-electron chi connectivity index (χ4n) is 1.52. The Morgan fingerprint density at radius 2 is 2.10 bits per heavy atom. The number of H-pyrrole nitrogens is 1. The minimum absolute atomic E-state index is 0.144. The van der Waals surface area contributed by atoms with E-state index in [1.165, 1.54) is 0 Å². The first-order chi connectivity index (χ1) is 9.95. The predicted molar refractivity (Wildman–Crippen MR) is 77.8 cm³/mol. The SMILES string of the molecule is Cc1nc(CNC(=O)NCc2csc(=O)[nH]2)sc1C(=O)O. The van der Waals surface area contributed by atoms with Crippen molar-refractivity contribution in [1.29, 1.82) is 0 Å². The number of carboxylic acid groups (broad SMARTS) is 1. The number of hydrogen-bond donors (Lipinski definition) is 4. The molecule has 0 aromatic carbocycles. The van der Waals surface area contributed by atoms with Gasteiger partial charge in [0.2, 0.25) is 0 Å². The summed E-state index contributed by atoms with van der Waals surface area (Å²) in [6.07, 6.45) is 0. The van der Waals surface area contributed by atoms with E-state index in [0.29, 0.717) is 16.4 Å². The third-order valence-corrected chi connectivity index (χ3v) is 4.31. The molecule has 0 saturated carbocycles. The van der Waals surface area contributed by atoms with Crippen LogP contribution in [0.25, 0.3) is 0 Å². The highest BCUT2D eigenvalue weighted by Gasteiger charge is 2.14. The Kier molecular flexibility index (Phi) is 4.70. The van der Waals surface area contributed by atoms with Gasteiger partial charge in [0.1, 0.15) is 9.88 Å². The van der Waals surface area contributed by atoms with Gasteiger partial charge in [-0.15, -0.1) is 11.3 Å². The number of amides is 2. The smallest absolute Gasteiger partial charge is 0.347 e. The molecule has 0 aliphatic rings. The topological polar surface area (TPSA) is 124 Å². The maximum atomic E-state index is 11.6. The summed E-state index contributed by atoms with van der Waals surface area (Å²) in [4.78, 5) is 40.0. The van der Waals surface area contributed by atoms with Gasteiger partial charge in [0.25, 0.3) is 0 Å². The lowest BCUT2D eigenvalue weighted by Crippen LogP contribution is -2.34. The van der Waals surface area contributed by atoms with E-state index in [2.05, 4.69) is 20.6 Å². The number of carboxylic acids is 1. The van der Waals surface area contributed by atoms with E-state index in [1.54, 1.807) is 12.3 Å². The molecule has 112 valence electrons. The van der Waals surface area contributed by atoms with E-state index in [1.807, 2.05) is 0 Å². The lowest BCUT2D eigenvalue weighted by atomic mass is 10.4. The van der Waals surface area contributed by atoms with E-state index in [0.717, 1.165) is 22.7 Å². The quantitative estimate of drug-likeness (QED) is 0.649. The minimum atomic E-state index is -1.03. The summed E-state index contributed by atoms with van der Waals surface area (Å²) >= 11 is 2.05. The van der Waals surface area contributed by atoms with Crippen LogP contribution in [-0.4, -0.2) is 27.1 Å². The second-order valence-electron chi connectivity index (χ2n) is 4.04. The van der Waals surface area contributed by atoms with Crippen molar-refractivity contribution in [3.8, 4) is 0 Å². The number of aromatic nitrogens is 2. The molecule has 0 spiro atoms. The third-order valence-electron chi connectivity index (χ3n) is 2.45. The summed E-state index contributed by atoms with van der Waals surface area (Å²) in [7, 11) is 0. The Morgan fingerprint density at radius 1 is 1.38 bits per heavy atom. The lowest BCUT2D eigenvalue weighted by molar-refractivity contribution is 0.0701. The number of carbonyl (C=O) groups excluding carboxylic acids is 1. The van der Waals surface area contributed by atoms with Crippen molar-refractivity contribution in [3.63, 3.8) is 0 Å². The first-order valence-electron chi connectivity index (χ1n) is 5.83. The van der Waals surface area contributed by atoms with E-state index in [4.69, 9.17) is 5.11 Å². The zero-order valence-corrected chi connectivity index (χ0v) is 12.6. The number of aryl methyl sites for hydroxylation is 1. The van der Waals surface area contributed by atoms with Gasteiger partial charge in [0.05, 0.1) is 18.8 Å². The number of aromatic amines is 1. The fraction of sp³-hybridized carbons (Fsp3) is 0.273. The van der Waals surface area contributed by atoms with Gasteiger partial charge in [0, 0.05) is 11.1 Å². The van der Waals surface area contributed by atoms with Gasteiger partial charge in [-0.1, -0.05) is 11.3 Å². The predicted octanol–water partition coefficient (Wildman–Crippen LogP) is 0.899. The minimum Gasteiger partial charge on any atom is -0.477 e. The van der Waals surface area contributed by atoms with Crippen molar-refractivity contribution in [1.82, 2.24) is 20.6 Å². The van der Waals surface area contributed by atoms with Crippen LogP contribution in [0.1, 0.15) is 26.1 Å². The number of urea groups is 1. The zero-order valence-electron chi connectivity index (χ0n) is 10.9. The summed E-state index contributed by atoms with van der Waals surface area (Å²) in [6.45, 7) is 1.96. The van der Waals surface area contributed by atoms with Crippen molar-refractivity contribution in [2.24, 2.45) is 0 Å². The molecule has 0 radical (unpaired) electrons. The molecule has 2 amide bonds. The molecule has 21 heavy (non-hydrogen) atoms. The lowest BCUT2D eigenvalue weighted by Gasteiger charge is -2.04. The molecule has 0 fully saturated rings. The second-order valence-corrected chi connectivity index (χ2v) is 5.96. The van der Waals surface area contributed by atoms with Crippen LogP contribution in [0.3, 0.4) is 0 Å². The van der Waals surface area contributed by atoms with Gasteiger partial charge in [-0.25, -0.2) is 14.6 Å². The molecular weight excluding hydrogens is 316 g/mol. The van der Waals surface area contributed by atoms with E-state index in [-0.39, 0.29) is 22.8 Å². The Labute approximate surface area is 126 Å². The molecule has 2 aromatic rings. The number of carbonyl (C=O) groups is 2. The summed E-state index contributed by atoms with van der Waals surface area (Å²) in [6, 6.07) is -0.424. The maximum absolute atomic E-state index is 11.6. The average Bonchev–Trinajstić information content (AvgIpc) is 3.00. The highest BCUT2D eigenvalue weighted by molar-refractivity contribution is 7.13. The summed E-state index contributed by atoms with van der Waals surface area (Å²) in [5, 5.41) is 16.2. The van der Waals surface area contributed by atoms with Gasteiger partial charge >= 0.3 is 16.9 Å². The fourth-order valence-corrected chi connectivity index (χ4v) is 2.95. The number of hydrogen-bond acceptors (Lipinski definition) is 6. The van der Waals surface area contributed by atoms with Crippen molar-refractivity contribution >= 4 is 34.7 Å². The molecule has 2 aromatic heterocycles. The molecular formula is C11H12N4O4S2. The normalized spacial score (nSPS) is 10.3. The monoisotopic (exact) mass is 328 g/mol. The highest BCUT2D eigenvalue weighted by atomic mass is 32.1. The molecule has 0 atom stereocenters. The van der Waals surface area contributed by atoms with Gasteiger partial charge < -0.3 is 20.7 Å². The van der Waals surface area contributed by atoms with E-state index in [9.17, 15) is 14.4 Å². The summed E-state index contributed by atoms with van der Waals surface area (Å²) in [5.74, 6) is -1.03. The van der Waals surface area contributed by atoms with Crippen molar-refractivity contribution in [3.05, 3.63) is 36.3 Å². The standard InChI is InChI=1S/C11H12N4O4S2/c1-5-8(9(16)17)21-7(14-5)3-13-10(18)12-2-6-4-20-11(19)15-6/h4H,2-3H2,1H3,(H,15,19)(H,16,17)(H2,12,13,18). The van der Waals surface area contributed by atoms with Crippen LogP contribution >= 0.6 is 22.7 Å². The molecule has 0 aliphatic carbocycles. The first kappa shape index (κ1) is 15.2. The average molecular weight is 328 g/mol. The molecule has 4 N–H and O–H groups in total. The molecule has 2 rings (SSSR count). The Balaban J connectivity index is 1.82. The van der Waals surface area contributed by atoms with Crippen LogP contribution in [0.15, 0.2) is 10.2 Å². The molecule has 10 heteroatoms. The first-order valence-corrected chi connectivity index (χ1v) is 7.53. The van der Waals surface area contributed by atoms with Crippen molar-refractivity contribution in [2.75, 3.05) is 0 Å². The molecule has 0 bridgehead atoms. The number of rotatable bonds is 5.